The van der Waals surface area contributed by atoms with Gasteiger partial charge in [-0.3, -0.25) is 9.69 Å². The van der Waals surface area contributed by atoms with Gasteiger partial charge in [-0.2, -0.15) is 0 Å². The Kier molecular flexibility index (Phi) is 9.72. The SMILES string of the molecule is CNCCC1CCN(CC(=O)Nc2c(Cl)cc(Cl)cc2Cl)CC1.Cl. The predicted molar refractivity (Wildman–Crippen MR) is 105 cm³/mol. The van der Waals surface area contributed by atoms with E-state index in [4.69, 9.17) is 34.8 Å². The molecule has 0 bridgehead atoms. The number of benzene rings is 1. The van der Waals surface area contributed by atoms with Crippen molar-refractivity contribution in [3.8, 4) is 0 Å². The van der Waals surface area contributed by atoms with E-state index in [2.05, 4.69) is 15.5 Å². The van der Waals surface area contributed by atoms with Crippen LogP contribution in [0.15, 0.2) is 12.1 Å². The van der Waals surface area contributed by atoms with Gasteiger partial charge in [0.05, 0.1) is 22.3 Å². The van der Waals surface area contributed by atoms with Crippen molar-refractivity contribution in [1.29, 1.82) is 0 Å². The molecule has 24 heavy (non-hydrogen) atoms. The third-order valence-corrected chi connectivity index (χ3v) is 4.96. The van der Waals surface area contributed by atoms with E-state index in [1.165, 1.54) is 6.42 Å². The Bertz CT molecular complexity index is 525. The number of hydrogen-bond donors (Lipinski definition) is 2. The third-order valence-electron chi connectivity index (χ3n) is 4.15. The smallest absolute Gasteiger partial charge is 0.238 e. The predicted octanol–water partition coefficient (Wildman–Crippen LogP) is 4.33. The van der Waals surface area contributed by atoms with Gasteiger partial charge in [0.2, 0.25) is 5.91 Å². The summed E-state index contributed by atoms with van der Waals surface area (Å²) in [6, 6.07) is 3.13. The second-order valence-corrected chi connectivity index (χ2v) is 7.16. The Balaban J connectivity index is 0.00000288. The first kappa shape index (κ1) is 21.8. The number of nitrogens with zero attached hydrogens (tertiary/aromatic N) is 1. The summed E-state index contributed by atoms with van der Waals surface area (Å²) < 4.78 is 0. The van der Waals surface area contributed by atoms with Crippen molar-refractivity contribution in [1.82, 2.24) is 10.2 Å². The fourth-order valence-corrected chi connectivity index (χ4v) is 3.74. The van der Waals surface area contributed by atoms with E-state index in [1.807, 2.05) is 7.05 Å². The Hall–Kier alpha value is -0.230. The van der Waals surface area contributed by atoms with Gasteiger partial charge in [0.1, 0.15) is 0 Å². The first-order valence-electron chi connectivity index (χ1n) is 7.81. The van der Waals surface area contributed by atoms with Crippen molar-refractivity contribution >= 4 is 58.8 Å². The summed E-state index contributed by atoms with van der Waals surface area (Å²) in [5.74, 6) is 0.645. The molecule has 0 aliphatic carbocycles. The maximum Gasteiger partial charge on any atom is 0.238 e. The number of likely N-dealkylation sites (tertiary alicyclic amines) is 1. The number of halogens is 4. The Labute approximate surface area is 164 Å². The molecule has 1 saturated heterocycles. The average Bonchev–Trinajstić information content (AvgIpc) is 2.50. The fourth-order valence-electron chi connectivity index (χ4n) is 2.83. The van der Waals surface area contributed by atoms with E-state index in [-0.39, 0.29) is 18.3 Å². The molecule has 0 atom stereocenters. The first-order valence-corrected chi connectivity index (χ1v) is 8.94. The van der Waals surface area contributed by atoms with Gasteiger partial charge in [-0.05, 0) is 64.0 Å². The maximum atomic E-state index is 12.2. The molecule has 0 radical (unpaired) electrons. The van der Waals surface area contributed by atoms with Crippen LogP contribution in [-0.4, -0.2) is 44.0 Å². The number of carbonyl (C=O) groups is 1. The van der Waals surface area contributed by atoms with Crippen molar-refractivity contribution in [2.75, 3.05) is 38.5 Å². The number of carbonyl (C=O) groups excluding carboxylic acids is 1. The highest BCUT2D eigenvalue weighted by Gasteiger charge is 2.21. The average molecular weight is 415 g/mol. The molecule has 1 aromatic rings. The van der Waals surface area contributed by atoms with E-state index < -0.39 is 0 Å². The van der Waals surface area contributed by atoms with Crippen LogP contribution in [0.5, 0.6) is 0 Å². The lowest BCUT2D eigenvalue weighted by Crippen LogP contribution is -2.39. The van der Waals surface area contributed by atoms with Crippen LogP contribution in [0.1, 0.15) is 19.3 Å². The molecule has 0 unspecified atom stereocenters. The molecule has 2 N–H and O–H groups in total. The molecule has 1 amide bonds. The van der Waals surface area contributed by atoms with Crippen LogP contribution in [0.25, 0.3) is 0 Å². The lowest BCUT2D eigenvalue weighted by Gasteiger charge is -2.31. The van der Waals surface area contributed by atoms with E-state index in [9.17, 15) is 4.79 Å². The molecule has 0 saturated carbocycles. The summed E-state index contributed by atoms with van der Waals surface area (Å²) in [7, 11) is 1.98. The van der Waals surface area contributed by atoms with E-state index in [0.717, 1.165) is 38.4 Å². The van der Waals surface area contributed by atoms with Gasteiger partial charge in [0, 0.05) is 5.02 Å². The van der Waals surface area contributed by atoms with Crippen LogP contribution in [0.2, 0.25) is 15.1 Å². The van der Waals surface area contributed by atoms with Crippen molar-refractivity contribution in [3.05, 3.63) is 27.2 Å². The summed E-state index contributed by atoms with van der Waals surface area (Å²) in [6.07, 6.45) is 3.47. The standard InChI is InChI=1S/C16H22Cl3N3O.ClH/c1-20-5-2-11-3-6-22(7-4-11)10-15(23)21-16-13(18)8-12(17)9-14(16)19;/h8-9,11,20H,2-7,10H2,1H3,(H,21,23);1H. The molecule has 1 aliphatic rings. The van der Waals surface area contributed by atoms with Crippen molar-refractivity contribution in [2.24, 2.45) is 5.92 Å². The highest BCUT2D eigenvalue weighted by Crippen LogP contribution is 2.33. The zero-order valence-electron chi connectivity index (χ0n) is 13.6. The van der Waals surface area contributed by atoms with Gasteiger partial charge in [-0.1, -0.05) is 34.8 Å². The molecular formula is C16H23Cl4N3O. The quantitative estimate of drug-likeness (QED) is 0.727. The maximum absolute atomic E-state index is 12.2. The van der Waals surface area contributed by atoms with Gasteiger partial charge < -0.3 is 10.6 Å². The van der Waals surface area contributed by atoms with Crippen LogP contribution in [-0.2, 0) is 4.79 Å². The second-order valence-electron chi connectivity index (χ2n) is 5.90. The number of amides is 1. The number of hydrogen-bond acceptors (Lipinski definition) is 3. The number of anilines is 1. The molecule has 136 valence electrons. The summed E-state index contributed by atoms with van der Waals surface area (Å²) in [5.41, 5.74) is 0.423. The summed E-state index contributed by atoms with van der Waals surface area (Å²) in [5, 5.41) is 7.12. The van der Waals surface area contributed by atoms with Crippen LogP contribution in [0.3, 0.4) is 0 Å². The van der Waals surface area contributed by atoms with Crippen molar-refractivity contribution < 1.29 is 4.79 Å². The molecule has 2 rings (SSSR count). The zero-order chi connectivity index (χ0) is 16.8. The largest absolute Gasteiger partial charge is 0.322 e. The van der Waals surface area contributed by atoms with Crippen LogP contribution >= 0.6 is 47.2 Å². The minimum Gasteiger partial charge on any atom is -0.322 e. The monoisotopic (exact) mass is 413 g/mol. The summed E-state index contributed by atoms with van der Waals surface area (Å²) >= 11 is 18.0. The van der Waals surface area contributed by atoms with Crippen LogP contribution in [0, 0.1) is 5.92 Å². The molecule has 1 fully saturated rings. The van der Waals surface area contributed by atoms with Gasteiger partial charge in [-0.25, -0.2) is 0 Å². The zero-order valence-corrected chi connectivity index (χ0v) is 16.7. The van der Waals surface area contributed by atoms with E-state index in [1.54, 1.807) is 12.1 Å². The summed E-state index contributed by atoms with van der Waals surface area (Å²) in [4.78, 5) is 14.4. The minimum absolute atomic E-state index is 0. The summed E-state index contributed by atoms with van der Waals surface area (Å²) in [6.45, 7) is 3.31. The first-order chi connectivity index (χ1) is 11.0. The lowest BCUT2D eigenvalue weighted by molar-refractivity contribution is -0.117. The molecule has 1 aliphatic heterocycles. The molecule has 4 nitrogen and oxygen atoms in total. The molecule has 8 heteroatoms. The van der Waals surface area contributed by atoms with Crippen LogP contribution in [0.4, 0.5) is 5.69 Å². The van der Waals surface area contributed by atoms with Crippen molar-refractivity contribution in [2.45, 2.75) is 19.3 Å². The number of nitrogens with one attached hydrogen (secondary N) is 2. The minimum atomic E-state index is -0.107. The topological polar surface area (TPSA) is 44.4 Å². The Morgan fingerprint density at radius 1 is 1.21 bits per heavy atom. The number of rotatable bonds is 6. The van der Waals surface area contributed by atoms with Gasteiger partial charge in [0.15, 0.2) is 0 Å². The van der Waals surface area contributed by atoms with E-state index >= 15 is 0 Å². The van der Waals surface area contributed by atoms with Gasteiger partial charge in [0.25, 0.3) is 0 Å². The molecule has 1 heterocycles. The lowest BCUT2D eigenvalue weighted by atomic mass is 9.93. The van der Waals surface area contributed by atoms with Crippen LogP contribution < -0.4 is 10.6 Å². The van der Waals surface area contributed by atoms with Gasteiger partial charge in [-0.15, -0.1) is 12.4 Å². The highest BCUT2D eigenvalue weighted by atomic mass is 35.5. The number of piperidine rings is 1. The fraction of sp³-hybridized carbons (Fsp3) is 0.562. The Morgan fingerprint density at radius 2 is 1.79 bits per heavy atom. The molecule has 1 aromatic carbocycles. The van der Waals surface area contributed by atoms with Gasteiger partial charge >= 0.3 is 0 Å². The normalized spacial score (nSPS) is 15.8. The van der Waals surface area contributed by atoms with E-state index in [0.29, 0.717) is 27.3 Å². The third kappa shape index (κ3) is 6.58. The highest BCUT2D eigenvalue weighted by molar-refractivity contribution is 6.42. The Morgan fingerprint density at radius 3 is 2.33 bits per heavy atom. The van der Waals surface area contributed by atoms with Crippen molar-refractivity contribution in [3.63, 3.8) is 0 Å². The second kappa shape index (κ2) is 10.7. The molecule has 0 spiro atoms. The molecule has 0 aromatic heterocycles. The molecular weight excluding hydrogens is 392 g/mol.